The van der Waals surface area contributed by atoms with Gasteiger partial charge in [-0.05, 0) is 19.0 Å². The molecule has 2 aromatic heterocycles. The smallest absolute Gasteiger partial charge is 0.279 e. The van der Waals surface area contributed by atoms with Crippen LogP contribution >= 0.6 is 0 Å². The minimum Gasteiger partial charge on any atom is -0.361 e. The Bertz CT molecular complexity index is 553. The predicted octanol–water partition coefficient (Wildman–Crippen LogP) is 1.37. The average Bonchev–Trinajstić information content (AvgIpc) is 2.81. The zero-order chi connectivity index (χ0) is 12.6. The minimum atomic E-state index is -2.77. The lowest BCUT2D eigenvalue weighted by Gasteiger charge is -2.32. The largest absolute Gasteiger partial charge is 0.361 e. The number of rotatable bonds is 2. The highest BCUT2D eigenvalue weighted by Crippen LogP contribution is 2.28. The molecule has 1 atom stereocenters. The van der Waals surface area contributed by atoms with Gasteiger partial charge in [0.05, 0.1) is 18.0 Å². The van der Waals surface area contributed by atoms with E-state index in [2.05, 4.69) is 25.6 Å². The first-order valence-electron chi connectivity index (χ1n) is 5.80. The van der Waals surface area contributed by atoms with Gasteiger partial charge in [0.2, 0.25) is 0 Å². The predicted molar refractivity (Wildman–Crippen MR) is 63.7 cm³/mol. The molecule has 0 bridgehead atoms. The molecule has 1 unspecified atom stereocenters. The van der Waals surface area contributed by atoms with Crippen LogP contribution in [0.3, 0.4) is 0 Å². The van der Waals surface area contributed by atoms with E-state index in [1.165, 1.54) is 6.33 Å². The van der Waals surface area contributed by atoms with Crippen LogP contribution in [0.5, 0.6) is 0 Å². The summed E-state index contributed by atoms with van der Waals surface area (Å²) in [7, 11) is 0. The van der Waals surface area contributed by atoms with Crippen LogP contribution in [0.1, 0.15) is 6.42 Å². The van der Waals surface area contributed by atoms with Crippen LogP contribution in [0, 0.1) is 0 Å². The molecule has 3 rings (SSSR count). The highest BCUT2D eigenvalue weighted by atomic mass is 19.3. The van der Waals surface area contributed by atoms with Gasteiger partial charge in [-0.3, -0.25) is 0 Å². The number of aromatic amines is 1. The number of hydrogen-bond donors (Lipinski definition) is 3. The van der Waals surface area contributed by atoms with Crippen LogP contribution in [-0.4, -0.2) is 40.0 Å². The maximum atomic E-state index is 13.7. The Kier molecular flexibility index (Phi) is 2.62. The van der Waals surface area contributed by atoms with Gasteiger partial charge in [0.15, 0.2) is 0 Å². The molecule has 96 valence electrons. The molecule has 0 radical (unpaired) electrons. The fraction of sp³-hybridized carbons (Fsp3) is 0.455. The van der Waals surface area contributed by atoms with E-state index in [0.29, 0.717) is 24.4 Å². The summed E-state index contributed by atoms with van der Waals surface area (Å²) >= 11 is 0. The van der Waals surface area contributed by atoms with Crippen LogP contribution in [0.15, 0.2) is 18.6 Å². The van der Waals surface area contributed by atoms with Crippen molar-refractivity contribution < 1.29 is 8.78 Å². The molecule has 18 heavy (non-hydrogen) atoms. The van der Waals surface area contributed by atoms with Gasteiger partial charge in [-0.2, -0.15) is 0 Å². The molecular formula is C11H13F2N5. The molecule has 3 heterocycles. The SMILES string of the molecule is FC1(F)CNCCC1Nc1ncnc2[nH]ccc12. The lowest BCUT2D eigenvalue weighted by molar-refractivity contribution is -0.0322. The first kappa shape index (κ1) is 11.3. The van der Waals surface area contributed by atoms with Crippen molar-refractivity contribution in [2.24, 2.45) is 0 Å². The number of aromatic nitrogens is 3. The molecule has 0 aromatic carbocycles. The van der Waals surface area contributed by atoms with Crippen molar-refractivity contribution in [1.82, 2.24) is 20.3 Å². The number of nitrogens with zero attached hydrogens (tertiary/aromatic N) is 2. The van der Waals surface area contributed by atoms with Crippen LogP contribution in [0.2, 0.25) is 0 Å². The van der Waals surface area contributed by atoms with Crippen LogP contribution in [0.4, 0.5) is 14.6 Å². The van der Waals surface area contributed by atoms with Gasteiger partial charge in [-0.1, -0.05) is 0 Å². The maximum Gasteiger partial charge on any atom is 0.279 e. The normalized spacial score (nSPS) is 23.1. The maximum absolute atomic E-state index is 13.7. The van der Waals surface area contributed by atoms with E-state index in [1.54, 1.807) is 12.3 Å². The van der Waals surface area contributed by atoms with Crippen molar-refractivity contribution in [3.05, 3.63) is 18.6 Å². The Morgan fingerprint density at radius 2 is 2.28 bits per heavy atom. The van der Waals surface area contributed by atoms with Gasteiger partial charge in [0.1, 0.15) is 17.8 Å². The molecule has 0 aliphatic carbocycles. The van der Waals surface area contributed by atoms with Crippen LogP contribution in [0.25, 0.3) is 11.0 Å². The molecule has 1 saturated heterocycles. The van der Waals surface area contributed by atoms with E-state index in [1.807, 2.05) is 0 Å². The Labute approximate surface area is 102 Å². The molecule has 2 aromatic rings. The summed E-state index contributed by atoms with van der Waals surface area (Å²) in [4.78, 5) is 11.0. The van der Waals surface area contributed by atoms with Crippen molar-refractivity contribution in [1.29, 1.82) is 0 Å². The third kappa shape index (κ3) is 1.90. The number of H-pyrrole nitrogens is 1. The number of alkyl halides is 2. The number of anilines is 1. The second-order valence-corrected chi connectivity index (χ2v) is 4.39. The number of fused-ring (bicyclic) bond motifs is 1. The molecule has 7 heteroatoms. The zero-order valence-corrected chi connectivity index (χ0v) is 9.58. The van der Waals surface area contributed by atoms with E-state index in [0.717, 1.165) is 5.39 Å². The highest BCUT2D eigenvalue weighted by molar-refractivity contribution is 5.86. The average molecular weight is 253 g/mol. The molecular weight excluding hydrogens is 240 g/mol. The summed E-state index contributed by atoms with van der Waals surface area (Å²) in [6, 6.07) is 0.878. The van der Waals surface area contributed by atoms with Gasteiger partial charge in [-0.15, -0.1) is 0 Å². The molecule has 1 fully saturated rings. The van der Waals surface area contributed by atoms with Crippen LogP contribution < -0.4 is 10.6 Å². The molecule has 3 N–H and O–H groups in total. The molecule has 0 amide bonds. The lowest BCUT2D eigenvalue weighted by Crippen LogP contribution is -2.52. The van der Waals surface area contributed by atoms with E-state index in [9.17, 15) is 8.78 Å². The fourth-order valence-corrected chi connectivity index (χ4v) is 2.17. The van der Waals surface area contributed by atoms with Crippen molar-refractivity contribution in [2.45, 2.75) is 18.4 Å². The molecule has 0 spiro atoms. The first-order chi connectivity index (χ1) is 8.67. The first-order valence-corrected chi connectivity index (χ1v) is 5.80. The summed E-state index contributed by atoms with van der Waals surface area (Å²) in [5.41, 5.74) is 0.643. The monoisotopic (exact) mass is 253 g/mol. The Morgan fingerprint density at radius 3 is 3.11 bits per heavy atom. The molecule has 5 nitrogen and oxygen atoms in total. The Morgan fingerprint density at radius 1 is 1.39 bits per heavy atom. The zero-order valence-electron chi connectivity index (χ0n) is 9.58. The molecule has 0 saturated carbocycles. The van der Waals surface area contributed by atoms with E-state index >= 15 is 0 Å². The lowest BCUT2D eigenvalue weighted by atomic mass is 10.0. The van der Waals surface area contributed by atoms with E-state index in [-0.39, 0.29) is 6.54 Å². The Balaban J connectivity index is 1.89. The van der Waals surface area contributed by atoms with Crippen molar-refractivity contribution >= 4 is 16.9 Å². The highest BCUT2D eigenvalue weighted by Gasteiger charge is 2.41. The van der Waals surface area contributed by atoms with E-state index in [4.69, 9.17) is 0 Å². The number of hydrogen-bond acceptors (Lipinski definition) is 4. The van der Waals surface area contributed by atoms with Crippen molar-refractivity contribution in [3.63, 3.8) is 0 Å². The topological polar surface area (TPSA) is 65.6 Å². The molecule has 1 aliphatic rings. The quantitative estimate of drug-likeness (QED) is 0.756. The van der Waals surface area contributed by atoms with Crippen molar-refractivity contribution in [2.75, 3.05) is 18.4 Å². The summed E-state index contributed by atoms with van der Waals surface area (Å²) in [6.45, 7) is 0.278. The number of halogens is 2. The second-order valence-electron chi connectivity index (χ2n) is 4.39. The summed E-state index contributed by atoms with van der Waals surface area (Å²) in [5.74, 6) is -2.32. The van der Waals surface area contributed by atoms with Crippen molar-refractivity contribution in [3.8, 4) is 0 Å². The second kappa shape index (κ2) is 4.16. The fourth-order valence-electron chi connectivity index (χ4n) is 2.17. The minimum absolute atomic E-state index is 0.300. The van der Waals surface area contributed by atoms with Gasteiger partial charge < -0.3 is 15.6 Å². The summed E-state index contributed by atoms with van der Waals surface area (Å²) in [6.07, 6.45) is 3.44. The Hall–Kier alpha value is -1.76. The molecule has 1 aliphatic heterocycles. The van der Waals surface area contributed by atoms with Gasteiger partial charge in [0, 0.05) is 6.20 Å². The number of piperidine rings is 1. The third-order valence-electron chi connectivity index (χ3n) is 3.15. The summed E-state index contributed by atoms with van der Waals surface area (Å²) in [5, 5.41) is 6.26. The standard InChI is InChI=1S/C11H13F2N5/c12-11(13)5-14-3-2-8(11)18-10-7-1-4-15-9(7)16-6-17-10/h1,4,6,8,14H,2-3,5H2,(H2,15,16,17,18). The van der Waals surface area contributed by atoms with Gasteiger partial charge >= 0.3 is 0 Å². The number of nitrogens with one attached hydrogen (secondary N) is 3. The third-order valence-corrected chi connectivity index (χ3v) is 3.15. The summed E-state index contributed by atoms with van der Waals surface area (Å²) < 4.78 is 27.4. The van der Waals surface area contributed by atoms with Gasteiger partial charge in [0.25, 0.3) is 5.92 Å². The van der Waals surface area contributed by atoms with Crippen LogP contribution in [-0.2, 0) is 0 Å². The van der Waals surface area contributed by atoms with Gasteiger partial charge in [-0.25, -0.2) is 18.7 Å². The van der Waals surface area contributed by atoms with E-state index < -0.39 is 12.0 Å².